The summed E-state index contributed by atoms with van der Waals surface area (Å²) >= 11 is 6.09. The average molecular weight is 464 g/mol. The zero-order valence-electron chi connectivity index (χ0n) is 16.6. The highest BCUT2D eigenvalue weighted by Gasteiger charge is 2.36. The van der Waals surface area contributed by atoms with Gasteiger partial charge in [-0.2, -0.15) is 0 Å². The highest BCUT2D eigenvalue weighted by Crippen LogP contribution is 2.25. The number of hydrogen-bond donors (Lipinski definition) is 0. The van der Waals surface area contributed by atoms with Crippen molar-refractivity contribution in [2.75, 3.05) is 11.5 Å². The van der Waals surface area contributed by atoms with Gasteiger partial charge in [0.2, 0.25) is 0 Å². The van der Waals surface area contributed by atoms with Gasteiger partial charge >= 0.3 is 0 Å². The van der Waals surface area contributed by atoms with E-state index in [1.54, 1.807) is 13.0 Å². The molecule has 31 heavy (non-hydrogen) atoms. The van der Waals surface area contributed by atoms with Gasteiger partial charge in [-0.1, -0.05) is 23.7 Å². The van der Waals surface area contributed by atoms with Crippen molar-refractivity contribution >= 4 is 38.3 Å². The number of hydrogen-bond acceptors (Lipinski definition) is 5. The van der Waals surface area contributed by atoms with Crippen LogP contribution >= 0.6 is 11.6 Å². The average Bonchev–Trinajstić information content (AvgIpc) is 3.08. The Balaban J connectivity index is 1.75. The second-order valence-corrected chi connectivity index (χ2v) is 10.3. The van der Waals surface area contributed by atoms with Crippen molar-refractivity contribution in [3.05, 3.63) is 80.4 Å². The van der Waals surface area contributed by atoms with Gasteiger partial charge in [0.15, 0.2) is 21.0 Å². The van der Waals surface area contributed by atoms with Gasteiger partial charge in [0.05, 0.1) is 16.9 Å². The van der Waals surface area contributed by atoms with Crippen LogP contribution in [0.3, 0.4) is 0 Å². The Morgan fingerprint density at radius 1 is 1.23 bits per heavy atom. The molecule has 0 spiro atoms. The largest absolute Gasteiger partial charge is 0.451 e. The molecule has 1 atom stereocenters. The molecule has 4 rings (SSSR count). The fourth-order valence-corrected chi connectivity index (χ4v) is 5.59. The van der Waals surface area contributed by atoms with Crippen LogP contribution in [-0.4, -0.2) is 36.8 Å². The molecule has 2 heterocycles. The number of carbonyl (C=O) groups is 1. The lowest BCUT2D eigenvalue weighted by Crippen LogP contribution is -2.40. The van der Waals surface area contributed by atoms with Gasteiger partial charge in [-0.25, -0.2) is 12.8 Å². The summed E-state index contributed by atoms with van der Waals surface area (Å²) in [5, 5.41) is 0.661. The summed E-state index contributed by atoms with van der Waals surface area (Å²) in [5.74, 6) is -1.40. The summed E-state index contributed by atoms with van der Waals surface area (Å²) < 4.78 is 43.1. The molecule has 1 aliphatic heterocycles. The van der Waals surface area contributed by atoms with E-state index in [0.29, 0.717) is 16.1 Å². The molecule has 1 aromatic heterocycles. The minimum Gasteiger partial charge on any atom is -0.451 e. The first-order chi connectivity index (χ1) is 14.6. The zero-order chi connectivity index (χ0) is 22.3. The molecule has 0 unspecified atom stereocenters. The van der Waals surface area contributed by atoms with Crippen LogP contribution in [0.15, 0.2) is 51.7 Å². The third kappa shape index (κ3) is 4.50. The molecule has 162 valence electrons. The number of sulfone groups is 1. The molecular weight excluding hydrogens is 445 g/mol. The maximum Gasteiger partial charge on any atom is 0.290 e. The number of amides is 1. The van der Waals surface area contributed by atoms with Crippen LogP contribution in [0.1, 0.15) is 28.1 Å². The van der Waals surface area contributed by atoms with Crippen molar-refractivity contribution < 1.29 is 22.0 Å². The summed E-state index contributed by atoms with van der Waals surface area (Å²) in [6.45, 7) is 1.81. The number of carbonyl (C=O) groups excluding carboxylic acids is 1. The molecular formula is C22H19ClFNO5S. The maximum absolute atomic E-state index is 13.4. The molecule has 0 bridgehead atoms. The van der Waals surface area contributed by atoms with Crippen molar-refractivity contribution in [1.29, 1.82) is 0 Å². The summed E-state index contributed by atoms with van der Waals surface area (Å²) in [5.41, 5.74) is 1.11. The highest BCUT2D eigenvalue weighted by molar-refractivity contribution is 7.91. The minimum absolute atomic E-state index is 0.0236. The molecule has 0 aliphatic carbocycles. The first kappa shape index (κ1) is 21.5. The number of aryl methyl sites for hydroxylation is 1. The monoisotopic (exact) mass is 463 g/mol. The van der Waals surface area contributed by atoms with E-state index >= 15 is 0 Å². The van der Waals surface area contributed by atoms with Gasteiger partial charge < -0.3 is 9.32 Å². The molecule has 1 amide bonds. The normalized spacial score (nSPS) is 17.7. The predicted molar refractivity (Wildman–Crippen MR) is 116 cm³/mol. The molecule has 9 heteroatoms. The molecule has 0 N–H and O–H groups in total. The van der Waals surface area contributed by atoms with E-state index in [1.807, 2.05) is 0 Å². The summed E-state index contributed by atoms with van der Waals surface area (Å²) in [7, 11) is -3.27. The zero-order valence-corrected chi connectivity index (χ0v) is 18.2. The van der Waals surface area contributed by atoms with Gasteiger partial charge in [-0.3, -0.25) is 9.59 Å². The van der Waals surface area contributed by atoms with Crippen LogP contribution in [0, 0.1) is 12.7 Å². The first-order valence-electron chi connectivity index (χ1n) is 9.63. The van der Waals surface area contributed by atoms with E-state index in [2.05, 4.69) is 0 Å². The number of benzene rings is 2. The number of halogens is 2. The van der Waals surface area contributed by atoms with Crippen molar-refractivity contribution in [1.82, 2.24) is 4.90 Å². The standard InChI is InChI=1S/C22H19ClFNO5S/c1-13-8-20-17(9-18(13)23)19(26)10-21(30-20)22(27)25(16-6-7-31(28,29)12-16)11-14-2-4-15(24)5-3-14/h2-5,8-10,16H,6-7,11-12H2,1H3/t16-/m1/s1. The Morgan fingerprint density at radius 2 is 1.94 bits per heavy atom. The van der Waals surface area contributed by atoms with Gasteiger partial charge in [-0.15, -0.1) is 0 Å². The lowest BCUT2D eigenvalue weighted by atomic mass is 10.1. The van der Waals surface area contributed by atoms with E-state index in [4.69, 9.17) is 16.0 Å². The second-order valence-electron chi connectivity index (χ2n) is 7.69. The van der Waals surface area contributed by atoms with Crippen molar-refractivity contribution in [2.24, 2.45) is 0 Å². The number of rotatable bonds is 4. The van der Waals surface area contributed by atoms with Crippen LogP contribution < -0.4 is 5.43 Å². The number of fused-ring (bicyclic) bond motifs is 1. The summed E-state index contributed by atoms with van der Waals surface area (Å²) in [6.07, 6.45) is 0.280. The lowest BCUT2D eigenvalue weighted by Gasteiger charge is -2.28. The van der Waals surface area contributed by atoms with E-state index < -0.39 is 33.0 Å². The van der Waals surface area contributed by atoms with E-state index in [0.717, 1.165) is 6.07 Å². The fraction of sp³-hybridized carbons (Fsp3) is 0.273. The Bertz CT molecular complexity index is 1330. The van der Waals surface area contributed by atoms with Crippen LogP contribution in [0.4, 0.5) is 4.39 Å². The maximum atomic E-state index is 13.4. The third-order valence-corrected chi connectivity index (χ3v) is 7.55. The molecule has 6 nitrogen and oxygen atoms in total. The van der Waals surface area contributed by atoms with Crippen LogP contribution in [0.2, 0.25) is 5.02 Å². The topological polar surface area (TPSA) is 84.7 Å². The lowest BCUT2D eigenvalue weighted by molar-refractivity contribution is 0.0648. The fourth-order valence-electron chi connectivity index (χ4n) is 3.70. The smallest absolute Gasteiger partial charge is 0.290 e. The third-order valence-electron chi connectivity index (χ3n) is 5.40. The van der Waals surface area contributed by atoms with Crippen molar-refractivity contribution in [3.8, 4) is 0 Å². The van der Waals surface area contributed by atoms with Crippen LogP contribution in [0.5, 0.6) is 0 Å². The highest BCUT2D eigenvalue weighted by atomic mass is 35.5. The summed E-state index contributed by atoms with van der Waals surface area (Å²) in [4.78, 5) is 27.3. The SMILES string of the molecule is Cc1cc2oc(C(=O)N(Cc3ccc(F)cc3)[C@@H]3CCS(=O)(=O)C3)cc(=O)c2cc1Cl. The molecule has 0 saturated carbocycles. The molecule has 3 aromatic rings. The molecule has 1 aliphatic rings. The van der Waals surface area contributed by atoms with Gasteiger partial charge in [-0.05, 0) is 48.7 Å². The second kappa shape index (κ2) is 8.09. The van der Waals surface area contributed by atoms with E-state index in [9.17, 15) is 22.4 Å². The first-order valence-corrected chi connectivity index (χ1v) is 11.8. The molecule has 1 saturated heterocycles. The number of nitrogens with zero attached hydrogens (tertiary/aromatic N) is 1. The van der Waals surface area contributed by atoms with Crippen LogP contribution in [-0.2, 0) is 16.4 Å². The molecule has 1 fully saturated rings. The minimum atomic E-state index is -3.27. The van der Waals surface area contributed by atoms with Crippen LogP contribution in [0.25, 0.3) is 11.0 Å². The predicted octanol–water partition coefficient (Wildman–Crippen LogP) is 3.72. The Kier molecular flexibility index (Phi) is 5.61. The Hall–Kier alpha value is -2.71. The quantitative estimate of drug-likeness (QED) is 0.588. The Morgan fingerprint density at radius 3 is 2.58 bits per heavy atom. The molecule has 2 aromatic carbocycles. The molecule has 0 radical (unpaired) electrons. The van der Waals surface area contributed by atoms with Gasteiger partial charge in [0.1, 0.15) is 11.4 Å². The van der Waals surface area contributed by atoms with Crippen molar-refractivity contribution in [3.63, 3.8) is 0 Å². The van der Waals surface area contributed by atoms with Crippen molar-refractivity contribution in [2.45, 2.75) is 25.9 Å². The van der Waals surface area contributed by atoms with Gasteiger partial charge in [0, 0.05) is 23.7 Å². The van der Waals surface area contributed by atoms with Gasteiger partial charge in [0.25, 0.3) is 5.91 Å². The van der Waals surface area contributed by atoms with E-state index in [1.165, 1.54) is 35.2 Å². The Labute approximate surface area is 183 Å². The summed E-state index contributed by atoms with van der Waals surface area (Å²) in [6, 6.07) is 9.19. The van der Waals surface area contributed by atoms with E-state index in [-0.39, 0.29) is 41.2 Å².